The lowest BCUT2D eigenvalue weighted by atomic mass is 9.97. The lowest BCUT2D eigenvalue weighted by molar-refractivity contribution is 0.559. The van der Waals surface area contributed by atoms with Crippen LogP contribution in [0.3, 0.4) is 0 Å². The van der Waals surface area contributed by atoms with Crippen molar-refractivity contribution in [1.82, 2.24) is 5.32 Å². The van der Waals surface area contributed by atoms with Gasteiger partial charge in [-0.2, -0.15) is 0 Å². The summed E-state index contributed by atoms with van der Waals surface area (Å²) in [6.45, 7) is 11.5. The standard InChI is InChI=1S/C15H22ClNS/c1-6-17-12(8-7-9-15(3,4)5)14-13(16)11(2)10-18-14/h10,12,17H,6,8H2,1-5H3. The van der Waals surface area contributed by atoms with Crippen LogP contribution in [0, 0.1) is 24.2 Å². The van der Waals surface area contributed by atoms with E-state index < -0.39 is 0 Å². The van der Waals surface area contributed by atoms with Crippen LogP contribution in [0.15, 0.2) is 5.38 Å². The van der Waals surface area contributed by atoms with Crippen molar-refractivity contribution >= 4 is 22.9 Å². The molecule has 1 atom stereocenters. The molecule has 3 heteroatoms. The van der Waals surface area contributed by atoms with E-state index in [0.29, 0.717) is 0 Å². The van der Waals surface area contributed by atoms with E-state index in [1.54, 1.807) is 11.3 Å². The third-order valence-electron chi connectivity index (χ3n) is 2.46. The Balaban J connectivity index is 2.83. The summed E-state index contributed by atoms with van der Waals surface area (Å²) in [6.07, 6.45) is 0.810. The molecule has 0 spiro atoms. The third-order valence-corrected chi connectivity index (χ3v) is 4.29. The fourth-order valence-electron chi connectivity index (χ4n) is 1.61. The van der Waals surface area contributed by atoms with E-state index in [1.165, 1.54) is 4.88 Å². The Morgan fingerprint density at radius 1 is 1.44 bits per heavy atom. The normalized spacial score (nSPS) is 13.0. The lowest BCUT2D eigenvalue weighted by Crippen LogP contribution is -2.20. The molecule has 1 unspecified atom stereocenters. The first kappa shape index (κ1) is 15.6. The molecule has 0 aromatic carbocycles. The molecular formula is C15H22ClNS. The Hall–Kier alpha value is -0.490. The molecule has 0 aliphatic carbocycles. The Morgan fingerprint density at radius 2 is 2.11 bits per heavy atom. The van der Waals surface area contributed by atoms with E-state index in [1.807, 2.05) is 6.92 Å². The SMILES string of the molecule is CCNC(CC#CC(C)(C)C)c1scc(C)c1Cl. The van der Waals surface area contributed by atoms with Crippen LogP contribution in [0.25, 0.3) is 0 Å². The van der Waals surface area contributed by atoms with Gasteiger partial charge >= 0.3 is 0 Å². The van der Waals surface area contributed by atoms with Crippen molar-refractivity contribution in [1.29, 1.82) is 0 Å². The maximum atomic E-state index is 6.33. The Morgan fingerprint density at radius 3 is 2.56 bits per heavy atom. The van der Waals surface area contributed by atoms with Crippen LogP contribution in [0.5, 0.6) is 0 Å². The molecule has 0 radical (unpaired) electrons. The van der Waals surface area contributed by atoms with Crippen LogP contribution >= 0.6 is 22.9 Å². The zero-order chi connectivity index (χ0) is 13.8. The largest absolute Gasteiger partial charge is 0.309 e. The number of aryl methyl sites for hydroxylation is 1. The summed E-state index contributed by atoms with van der Waals surface area (Å²) in [7, 11) is 0. The molecule has 100 valence electrons. The molecule has 1 nitrogen and oxygen atoms in total. The van der Waals surface area contributed by atoms with E-state index in [4.69, 9.17) is 11.6 Å². The first-order valence-electron chi connectivity index (χ1n) is 6.32. The van der Waals surface area contributed by atoms with Gasteiger partial charge in [-0.25, -0.2) is 0 Å². The van der Waals surface area contributed by atoms with Crippen LogP contribution in [0.1, 0.15) is 50.6 Å². The van der Waals surface area contributed by atoms with Gasteiger partial charge in [-0.3, -0.25) is 0 Å². The highest BCUT2D eigenvalue weighted by atomic mass is 35.5. The lowest BCUT2D eigenvalue weighted by Gasteiger charge is -2.15. The fraction of sp³-hybridized carbons (Fsp3) is 0.600. The van der Waals surface area contributed by atoms with Crippen LogP contribution < -0.4 is 5.32 Å². The van der Waals surface area contributed by atoms with Crippen molar-refractivity contribution in [2.24, 2.45) is 5.41 Å². The van der Waals surface area contributed by atoms with Crippen molar-refractivity contribution in [3.8, 4) is 11.8 Å². The number of hydrogen-bond acceptors (Lipinski definition) is 2. The fourth-order valence-corrected chi connectivity index (χ4v) is 3.01. The molecule has 0 saturated carbocycles. The summed E-state index contributed by atoms with van der Waals surface area (Å²) in [5.41, 5.74) is 1.22. The second-order valence-corrected chi connectivity index (χ2v) is 6.75. The average Bonchev–Trinajstić information content (AvgIpc) is 2.57. The van der Waals surface area contributed by atoms with Crippen molar-refractivity contribution < 1.29 is 0 Å². The zero-order valence-electron chi connectivity index (χ0n) is 11.9. The van der Waals surface area contributed by atoms with E-state index >= 15 is 0 Å². The molecule has 1 rings (SSSR count). The van der Waals surface area contributed by atoms with Crippen LogP contribution in [-0.2, 0) is 0 Å². The molecule has 1 heterocycles. The molecule has 1 aromatic rings. The van der Waals surface area contributed by atoms with Crippen molar-refractivity contribution in [3.05, 3.63) is 20.8 Å². The van der Waals surface area contributed by atoms with Gasteiger partial charge in [0.2, 0.25) is 0 Å². The minimum absolute atomic E-state index is 0.0614. The number of rotatable bonds is 4. The topological polar surface area (TPSA) is 12.0 Å². The third kappa shape index (κ3) is 4.65. The maximum absolute atomic E-state index is 6.33. The number of hydrogen-bond donors (Lipinski definition) is 1. The van der Waals surface area contributed by atoms with Gasteiger partial charge in [-0.15, -0.1) is 17.3 Å². The Labute approximate surface area is 120 Å². The zero-order valence-corrected chi connectivity index (χ0v) is 13.4. The smallest absolute Gasteiger partial charge is 0.0590 e. The molecule has 0 fully saturated rings. The van der Waals surface area contributed by atoms with Gasteiger partial charge in [0.05, 0.1) is 11.1 Å². The summed E-state index contributed by atoms with van der Waals surface area (Å²) in [4.78, 5) is 1.21. The Bertz CT molecular complexity index is 445. The first-order valence-corrected chi connectivity index (χ1v) is 7.57. The van der Waals surface area contributed by atoms with Gasteiger partial charge < -0.3 is 5.32 Å². The van der Waals surface area contributed by atoms with Gasteiger partial charge in [0.1, 0.15) is 0 Å². The number of halogens is 1. The second-order valence-electron chi connectivity index (χ2n) is 5.46. The van der Waals surface area contributed by atoms with Gasteiger partial charge in [0.25, 0.3) is 0 Å². The van der Waals surface area contributed by atoms with Gasteiger partial charge in [0.15, 0.2) is 0 Å². The highest BCUT2D eigenvalue weighted by Crippen LogP contribution is 2.33. The van der Waals surface area contributed by atoms with Crippen molar-refractivity contribution in [3.63, 3.8) is 0 Å². The molecular weight excluding hydrogens is 262 g/mol. The molecule has 0 bridgehead atoms. The molecule has 18 heavy (non-hydrogen) atoms. The molecule has 0 amide bonds. The maximum Gasteiger partial charge on any atom is 0.0590 e. The van der Waals surface area contributed by atoms with Gasteiger partial charge in [-0.05, 0) is 45.2 Å². The van der Waals surface area contributed by atoms with E-state index in [-0.39, 0.29) is 11.5 Å². The van der Waals surface area contributed by atoms with Crippen LogP contribution in [-0.4, -0.2) is 6.54 Å². The van der Waals surface area contributed by atoms with Crippen LogP contribution in [0.4, 0.5) is 0 Å². The van der Waals surface area contributed by atoms with Gasteiger partial charge in [0, 0.05) is 16.7 Å². The van der Waals surface area contributed by atoms with Gasteiger partial charge in [-0.1, -0.05) is 24.4 Å². The highest BCUT2D eigenvalue weighted by molar-refractivity contribution is 7.10. The summed E-state index contributed by atoms with van der Waals surface area (Å²) >= 11 is 8.05. The number of thiophene rings is 1. The van der Waals surface area contributed by atoms with Crippen molar-refractivity contribution in [2.75, 3.05) is 6.54 Å². The van der Waals surface area contributed by atoms with E-state index in [0.717, 1.165) is 23.6 Å². The van der Waals surface area contributed by atoms with E-state index in [2.05, 4.69) is 50.2 Å². The monoisotopic (exact) mass is 283 g/mol. The summed E-state index contributed by atoms with van der Waals surface area (Å²) in [6, 6.07) is 0.246. The average molecular weight is 284 g/mol. The Kier molecular flexibility index (Phi) is 5.72. The molecule has 0 aliphatic rings. The van der Waals surface area contributed by atoms with Crippen LogP contribution in [0.2, 0.25) is 5.02 Å². The summed E-state index contributed by atoms with van der Waals surface area (Å²) < 4.78 is 0. The predicted octanol–water partition coefficient (Wildman–Crippen LogP) is 4.80. The number of nitrogens with one attached hydrogen (secondary N) is 1. The van der Waals surface area contributed by atoms with Crippen molar-refractivity contribution in [2.45, 2.75) is 47.1 Å². The summed E-state index contributed by atoms with van der Waals surface area (Å²) in [5, 5.41) is 6.47. The quantitative estimate of drug-likeness (QED) is 0.783. The minimum atomic E-state index is 0.0614. The second kappa shape index (κ2) is 6.61. The molecule has 1 N–H and O–H groups in total. The molecule has 1 aromatic heterocycles. The minimum Gasteiger partial charge on any atom is -0.309 e. The first-order chi connectivity index (χ1) is 8.35. The molecule has 0 saturated heterocycles. The highest BCUT2D eigenvalue weighted by Gasteiger charge is 2.16. The molecule has 0 aliphatic heterocycles. The van der Waals surface area contributed by atoms with E-state index in [9.17, 15) is 0 Å². The predicted molar refractivity (Wildman–Crippen MR) is 82.3 cm³/mol. The summed E-state index contributed by atoms with van der Waals surface area (Å²) in [5.74, 6) is 6.56.